The van der Waals surface area contributed by atoms with Crippen LogP contribution in [0.1, 0.15) is 21.5 Å². The van der Waals surface area contributed by atoms with Crippen LogP contribution in [0.25, 0.3) is 11.0 Å². The average molecular weight is 540 g/mol. The number of ketones is 1. The first kappa shape index (κ1) is 24.7. The maximum atomic E-state index is 13.7. The molecule has 1 atom stereocenters. The maximum absolute atomic E-state index is 13.7. The van der Waals surface area contributed by atoms with E-state index in [1.165, 1.54) is 29.4 Å². The summed E-state index contributed by atoms with van der Waals surface area (Å²) in [6.45, 7) is 0.285. The number of hydrogen-bond donors (Lipinski definition) is 1. The number of amides is 1. The van der Waals surface area contributed by atoms with Crippen LogP contribution in [0.4, 0.5) is 0 Å². The lowest BCUT2D eigenvalue weighted by atomic mass is 10.00. The Kier molecular flexibility index (Phi) is 6.82. The molecule has 0 spiro atoms. The molecular formula is C27H22ClNO7S. The van der Waals surface area contributed by atoms with Gasteiger partial charge in [-0.3, -0.25) is 9.59 Å². The summed E-state index contributed by atoms with van der Waals surface area (Å²) in [4.78, 5) is 28.9. The smallest absolute Gasteiger partial charge is 0.290 e. The molecule has 0 saturated heterocycles. The second kappa shape index (κ2) is 10.2. The maximum Gasteiger partial charge on any atom is 0.290 e. The fourth-order valence-corrected chi connectivity index (χ4v) is 5.34. The molecule has 0 bridgehead atoms. The molecule has 1 aliphatic heterocycles. The van der Waals surface area contributed by atoms with Crippen molar-refractivity contribution in [2.75, 3.05) is 27.4 Å². The minimum atomic E-state index is -0.793. The molecule has 1 amide bonds. The zero-order valence-electron chi connectivity index (χ0n) is 19.9. The van der Waals surface area contributed by atoms with Gasteiger partial charge in [0.2, 0.25) is 5.78 Å². The summed E-state index contributed by atoms with van der Waals surface area (Å²) in [7, 11) is 3.05. The van der Waals surface area contributed by atoms with Crippen molar-refractivity contribution >= 4 is 45.6 Å². The van der Waals surface area contributed by atoms with Crippen LogP contribution in [0.2, 0.25) is 5.02 Å². The van der Waals surface area contributed by atoms with E-state index >= 15 is 0 Å². The molecule has 3 heterocycles. The Bertz CT molecular complexity index is 1490. The van der Waals surface area contributed by atoms with Crippen molar-refractivity contribution in [3.05, 3.63) is 87.0 Å². The van der Waals surface area contributed by atoms with E-state index in [-0.39, 0.29) is 24.5 Å². The summed E-state index contributed by atoms with van der Waals surface area (Å²) in [5.74, 6) is -0.240. The van der Waals surface area contributed by atoms with E-state index in [0.717, 1.165) is 4.88 Å². The van der Waals surface area contributed by atoms with E-state index in [2.05, 4.69) is 0 Å². The highest BCUT2D eigenvalue weighted by molar-refractivity contribution is 7.10. The molecule has 1 unspecified atom stereocenters. The number of hydrogen-bond acceptors (Lipinski definition) is 8. The van der Waals surface area contributed by atoms with Crippen molar-refractivity contribution in [3.63, 3.8) is 0 Å². The van der Waals surface area contributed by atoms with Crippen molar-refractivity contribution in [1.29, 1.82) is 0 Å². The number of methoxy groups -OCH3 is 2. The van der Waals surface area contributed by atoms with Gasteiger partial charge < -0.3 is 28.6 Å². The number of rotatable bonds is 9. The molecule has 4 aromatic rings. The molecule has 8 nitrogen and oxygen atoms in total. The van der Waals surface area contributed by atoms with E-state index in [1.807, 2.05) is 17.5 Å². The van der Waals surface area contributed by atoms with Crippen LogP contribution in [0.3, 0.4) is 0 Å². The minimum Gasteiger partial charge on any atom is -0.503 e. The fraction of sp³-hybridized carbons (Fsp3) is 0.185. The van der Waals surface area contributed by atoms with E-state index < -0.39 is 23.5 Å². The van der Waals surface area contributed by atoms with Crippen molar-refractivity contribution in [2.24, 2.45) is 0 Å². The van der Waals surface area contributed by atoms with Gasteiger partial charge in [-0.2, -0.15) is 0 Å². The van der Waals surface area contributed by atoms with Crippen molar-refractivity contribution in [2.45, 2.75) is 6.04 Å². The lowest BCUT2D eigenvalue weighted by Crippen LogP contribution is -2.34. The Morgan fingerprint density at radius 1 is 1.11 bits per heavy atom. The van der Waals surface area contributed by atoms with E-state index in [0.29, 0.717) is 33.2 Å². The molecule has 2 aromatic carbocycles. The molecule has 1 aliphatic rings. The van der Waals surface area contributed by atoms with Gasteiger partial charge in [-0.25, -0.2) is 0 Å². The molecule has 10 heteroatoms. The lowest BCUT2D eigenvalue weighted by Gasteiger charge is -2.25. The van der Waals surface area contributed by atoms with Crippen molar-refractivity contribution in [3.8, 4) is 17.2 Å². The molecule has 2 aromatic heterocycles. The van der Waals surface area contributed by atoms with Crippen LogP contribution in [0.5, 0.6) is 17.2 Å². The molecule has 1 N–H and O–H groups in total. The predicted molar refractivity (Wildman–Crippen MR) is 139 cm³/mol. The number of thiophene rings is 1. The van der Waals surface area contributed by atoms with Crippen LogP contribution in [0.15, 0.2) is 75.7 Å². The van der Waals surface area contributed by atoms with Gasteiger partial charge in [-0.15, -0.1) is 11.3 Å². The Hall–Kier alpha value is -3.95. The third kappa shape index (κ3) is 4.63. The molecule has 5 rings (SSSR count). The van der Waals surface area contributed by atoms with Crippen LogP contribution < -0.4 is 14.2 Å². The molecule has 0 aliphatic carbocycles. The van der Waals surface area contributed by atoms with Gasteiger partial charge in [-0.1, -0.05) is 17.7 Å². The van der Waals surface area contributed by atoms with Gasteiger partial charge >= 0.3 is 0 Å². The molecule has 190 valence electrons. The highest BCUT2D eigenvalue weighted by atomic mass is 35.5. The number of carbonyl (C=O) groups is 2. The Morgan fingerprint density at radius 2 is 1.86 bits per heavy atom. The van der Waals surface area contributed by atoms with E-state index in [9.17, 15) is 14.7 Å². The number of aliphatic hydroxyl groups is 1. The summed E-state index contributed by atoms with van der Waals surface area (Å²) in [5.41, 5.74) is 0.290. The summed E-state index contributed by atoms with van der Waals surface area (Å²) in [6, 6.07) is 14.6. The third-order valence-electron chi connectivity index (χ3n) is 6.01. The quantitative estimate of drug-likeness (QED) is 0.267. The lowest BCUT2D eigenvalue weighted by molar-refractivity contribution is -0.129. The SMILES string of the molecule is COc1ccc(OCCN2C(=O)C(O)=C(C(=O)c3cc4cc(Cl)cc(OC)c4o3)C2c2cccs2)cc1. The zero-order valence-corrected chi connectivity index (χ0v) is 21.5. The first-order chi connectivity index (χ1) is 17.9. The van der Waals surface area contributed by atoms with Gasteiger partial charge in [0.05, 0.1) is 32.4 Å². The van der Waals surface area contributed by atoms with Gasteiger partial charge in [0.25, 0.3) is 5.91 Å². The van der Waals surface area contributed by atoms with Gasteiger partial charge in [0, 0.05) is 21.4 Å². The second-order valence-electron chi connectivity index (χ2n) is 8.17. The number of fused-ring (bicyclic) bond motifs is 1. The molecule has 37 heavy (non-hydrogen) atoms. The normalized spacial score (nSPS) is 15.5. The Labute approximate surface area is 221 Å². The number of halogens is 1. The highest BCUT2D eigenvalue weighted by Gasteiger charge is 2.45. The zero-order chi connectivity index (χ0) is 26.1. The number of ether oxygens (including phenoxy) is 3. The van der Waals surface area contributed by atoms with Crippen LogP contribution in [0, 0.1) is 0 Å². The Morgan fingerprint density at radius 3 is 2.54 bits per heavy atom. The van der Waals surface area contributed by atoms with Gasteiger partial charge in [-0.05, 0) is 47.8 Å². The molecule has 0 saturated carbocycles. The monoisotopic (exact) mass is 539 g/mol. The number of carbonyl (C=O) groups excluding carboxylic acids is 2. The van der Waals surface area contributed by atoms with Crippen LogP contribution in [-0.4, -0.2) is 49.1 Å². The molecular weight excluding hydrogens is 518 g/mol. The number of Topliss-reactive ketones (excluding diaryl/α,β-unsaturated/α-hetero) is 1. The summed E-state index contributed by atoms with van der Waals surface area (Å²) in [6.07, 6.45) is 0. The molecule has 0 fully saturated rings. The summed E-state index contributed by atoms with van der Waals surface area (Å²) in [5, 5.41) is 13.7. The highest BCUT2D eigenvalue weighted by Crippen LogP contribution is 2.42. The van der Waals surface area contributed by atoms with Crippen molar-refractivity contribution in [1.82, 2.24) is 4.90 Å². The van der Waals surface area contributed by atoms with Gasteiger partial charge in [0.1, 0.15) is 18.1 Å². The van der Waals surface area contributed by atoms with Crippen LogP contribution >= 0.6 is 22.9 Å². The van der Waals surface area contributed by atoms with Crippen LogP contribution in [-0.2, 0) is 4.79 Å². The summed E-state index contributed by atoms with van der Waals surface area (Å²) >= 11 is 7.53. The topological polar surface area (TPSA) is 98.4 Å². The van der Waals surface area contributed by atoms with E-state index in [4.69, 9.17) is 30.2 Å². The minimum absolute atomic E-state index is 0.0391. The average Bonchev–Trinajstić information content (AvgIpc) is 3.63. The number of benzene rings is 2. The fourth-order valence-electron chi connectivity index (χ4n) is 4.27. The predicted octanol–water partition coefficient (Wildman–Crippen LogP) is 5.82. The Balaban J connectivity index is 1.43. The standard InChI is InChI=1S/C27H22ClNO7S/c1-33-17-5-7-18(8-6-17)35-10-9-29-23(21-4-3-11-37-21)22(25(31)27(29)32)24(30)19-13-15-12-16(28)14-20(34-2)26(15)36-19/h3-8,11-14,23,31H,9-10H2,1-2H3. The third-order valence-corrected chi connectivity index (χ3v) is 7.15. The number of aliphatic hydroxyl groups excluding tert-OH is 1. The van der Waals surface area contributed by atoms with Crippen molar-refractivity contribution < 1.29 is 33.3 Å². The first-order valence-corrected chi connectivity index (χ1v) is 12.5. The second-order valence-corrected chi connectivity index (χ2v) is 9.58. The van der Waals surface area contributed by atoms with E-state index in [1.54, 1.807) is 43.5 Å². The number of furan rings is 1. The van der Waals surface area contributed by atoms with Gasteiger partial charge in [0.15, 0.2) is 22.9 Å². The largest absolute Gasteiger partial charge is 0.503 e. The number of nitrogens with zero attached hydrogens (tertiary/aromatic N) is 1. The first-order valence-electron chi connectivity index (χ1n) is 11.3. The molecule has 0 radical (unpaired) electrons. The summed E-state index contributed by atoms with van der Waals surface area (Å²) < 4.78 is 22.1.